The predicted octanol–water partition coefficient (Wildman–Crippen LogP) is 3.85. The first-order chi connectivity index (χ1) is 13.9. The molecule has 3 rings (SSSR count). The Bertz CT molecular complexity index is 1010. The van der Waals surface area contributed by atoms with Crippen molar-refractivity contribution >= 4 is 28.9 Å². The molecule has 1 atom stereocenters. The van der Waals surface area contributed by atoms with E-state index in [0.717, 1.165) is 11.1 Å². The molecular formula is C22H21ClN3O3+. The lowest BCUT2D eigenvalue weighted by Crippen LogP contribution is -2.87. The highest BCUT2D eigenvalue weighted by atomic mass is 35.5. The number of aryl methyl sites for hydroxylation is 1. The van der Waals surface area contributed by atoms with Crippen LogP contribution in [-0.4, -0.2) is 17.4 Å². The van der Waals surface area contributed by atoms with Crippen LogP contribution in [0.5, 0.6) is 0 Å². The highest BCUT2D eigenvalue weighted by molar-refractivity contribution is 6.33. The van der Waals surface area contributed by atoms with Gasteiger partial charge >= 0.3 is 0 Å². The molecule has 0 aliphatic heterocycles. The number of nitro groups is 1. The van der Waals surface area contributed by atoms with Gasteiger partial charge < -0.3 is 10.6 Å². The fourth-order valence-corrected chi connectivity index (χ4v) is 3.27. The summed E-state index contributed by atoms with van der Waals surface area (Å²) < 4.78 is 0. The van der Waals surface area contributed by atoms with Crippen LogP contribution >= 0.6 is 11.6 Å². The van der Waals surface area contributed by atoms with Crippen molar-refractivity contribution in [1.82, 2.24) is 0 Å². The number of carbonyl (C=O) groups is 1. The second-order valence-electron chi connectivity index (χ2n) is 6.71. The second-order valence-corrected chi connectivity index (χ2v) is 7.12. The van der Waals surface area contributed by atoms with E-state index in [-0.39, 0.29) is 29.2 Å². The molecule has 0 spiro atoms. The first kappa shape index (κ1) is 20.5. The molecule has 3 aromatic carbocycles. The molecule has 6 nitrogen and oxygen atoms in total. The molecule has 0 fully saturated rings. The predicted molar refractivity (Wildman–Crippen MR) is 113 cm³/mol. The Morgan fingerprint density at radius 2 is 1.72 bits per heavy atom. The van der Waals surface area contributed by atoms with Crippen molar-refractivity contribution in [3.05, 3.63) is 105 Å². The number of nitrogens with one attached hydrogen (secondary N) is 1. The van der Waals surface area contributed by atoms with Gasteiger partial charge in [-0.1, -0.05) is 71.8 Å². The number of carbonyl (C=O) groups excluding carboxylic acids is 1. The number of rotatable bonds is 7. The maximum atomic E-state index is 12.5. The fraction of sp³-hybridized carbons (Fsp3) is 0.136. The van der Waals surface area contributed by atoms with Gasteiger partial charge in [-0.05, 0) is 13.0 Å². The number of quaternary nitrogens is 1. The average molecular weight is 411 g/mol. The minimum atomic E-state index is -0.530. The van der Waals surface area contributed by atoms with E-state index in [1.807, 2.05) is 42.6 Å². The van der Waals surface area contributed by atoms with Crippen molar-refractivity contribution in [2.75, 3.05) is 11.9 Å². The minimum absolute atomic E-state index is 0.0325. The lowest BCUT2D eigenvalue weighted by atomic mass is 9.98. The van der Waals surface area contributed by atoms with E-state index in [0.29, 0.717) is 5.69 Å². The molecule has 3 N–H and O–H groups in total. The molecule has 0 heterocycles. The van der Waals surface area contributed by atoms with Gasteiger partial charge in [-0.25, -0.2) is 0 Å². The third-order valence-corrected chi connectivity index (χ3v) is 4.88. The van der Waals surface area contributed by atoms with E-state index in [1.54, 1.807) is 0 Å². The molecule has 3 aromatic rings. The Kier molecular flexibility index (Phi) is 6.59. The summed E-state index contributed by atoms with van der Waals surface area (Å²) in [6.45, 7) is 2.20. The number of benzene rings is 3. The number of halogens is 1. The molecule has 29 heavy (non-hydrogen) atoms. The number of amides is 1. The lowest BCUT2D eigenvalue weighted by Gasteiger charge is -2.17. The van der Waals surface area contributed by atoms with Gasteiger partial charge in [-0.15, -0.1) is 0 Å². The Morgan fingerprint density at radius 1 is 1.07 bits per heavy atom. The lowest BCUT2D eigenvalue weighted by molar-refractivity contribution is -0.676. The van der Waals surface area contributed by atoms with Crippen LogP contribution in [0.25, 0.3) is 0 Å². The van der Waals surface area contributed by atoms with Gasteiger partial charge in [0.2, 0.25) is 0 Å². The first-order valence-electron chi connectivity index (χ1n) is 9.12. The van der Waals surface area contributed by atoms with Crippen LogP contribution in [0, 0.1) is 17.0 Å². The molecule has 0 aliphatic carbocycles. The number of nitro benzene ring substituents is 1. The van der Waals surface area contributed by atoms with E-state index in [9.17, 15) is 14.9 Å². The molecule has 0 radical (unpaired) electrons. The topological polar surface area (TPSA) is 88.8 Å². The van der Waals surface area contributed by atoms with Gasteiger partial charge in [-0.2, -0.15) is 0 Å². The monoisotopic (exact) mass is 410 g/mol. The van der Waals surface area contributed by atoms with Crippen LogP contribution in [0.1, 0.15) is 22.7 Å². The number of nitrogens with zero attached hydrogens (tertiary/aromatic N) is 1. The standard InChI is InChI=1S/C22H20ClN3O3/c1-15-7-9-17(10-8-15)22(16-5-3-2-4-6-16)24-14-21(27)25-20-12-11-18(26(28)29)13-19(20)23/h2-13,22,24H,14H2,1H3,(H,25,27)/p+1/t22-/m1/s1. The number of anilines is 1. The average Bonchev–Trinajstić information content (AvgIpc) is 2.71. The number of nitrogens with two attached hydrogens (primary N) is 1. The summed E-state index contributed by atoms with van der Waals surface area (Å²) in [4.78, 5) is 22.7. The molecule has 0 bridgehead atoms. The summed E-state index contributed by atoms with van der Waals surface area (Å²) in [5.41, 5.74) is 3.59. The van der Waals surface area contributed by atoms with E-state index in [1.165, 1.54) is 23.8 Å². The van der Waals surface area contributed by atoms with E-state index < -0.39 is 4.92 Å². The Balaban J connectivity index is 1.71. The largest absolute Gasteiger partial charge is 0.328 e. The number of hydrogen-bond acceptors (Lipinski definition) is 3. The Morgan fingerprint density at radius 3 is 2.34 bits per heavy atom. The number of non-ortho nitro benzene ring substituents is 1. The number of hydrogen-bond donors (Lipinski definition) is 2. The zero-order valence-electron chi connectivity index (χ0n) is 15.8. The highest BCUT2D eigenvalue weighted by Gasteiger charge is 2.19. The van der Waals surface area contributed by atoms with Gasteiger partial charge in [0, 0.05) is 23.3 Å². The van der Waals surface area contributed by atoms with Gasteiger partial charge in [0.25, 0.3) is 11.6 Å². The second kappa shape index (κ2) is 9.32. The molecule has 7 heteroatoms. The van der Waals surface area contributed by atoms with Gasteiger partial charge in [-0.3, -0.25) is 14.9 Å². The van der Waals surface area contributed by atoms with Crippen molar-refractivity contribution in [1.29, 1.82) is 0 Å². The van der Waals surface area contributed by atoms with Crippen LogP contribution in [0.4, 0.5) is 11.4 Å². The first-order valence-corrected chi connectivity index (χ1v) is 9.50. The Labute approximate surface area is 173 Å². The summed E-state index contributed by atoms with van der Waals surface area (Å²) in [7, 11) is 0. The van der Waals surface area contributed by atoms with Crippen molar-refractivity contribution in [3.8, 4) is 0 Å². The molecule has 0 saturated heterocycles. The zero-order valence-corrected chi connectivity index (χ0v) is 16.6. The molecule has 0 aromatic heterocycles. The smallest absolute Gasteiger partial charge is 0.279 e. The molecular weight excluding hydrogens is 390 g/mol. The van der Waals surface area contributed by atoms with Crippen LogP contribution in [0.2, 0.25) is 5.02 Å². The van der Waals surface area contributed by atoms with E-state index in [4.69, 9.17) is 11.6 Å². The summed E-state index contributed by atoms with van der Waals surface area (Å²) in [6, 6.07) is 22.1. The summed E-state index contributed by atoms with van der Waals surface area (Å²) in [6.07, 6.45) is 0. The van der Waals surface area contributed by atoms with E-state index >= 15 is 0 Å². The molecule has 148 valence electrons. The third-order valence-electron chi connectivity index (χ3n) is 4.57. The SMILES string of the molecule is Cc1ccc([C@H]([NH2+]CC(=O)Nc2ccc([N+](=O)[O-])cc2Cl)c2ccccc2)cc1. The van der Waals surface area contributed by atoms with E-state index in [2.05, 4.69) is 29.6 Å². The van der Waals surface area contributed by atoms with Gasteiger partial charge in [0.1, 0.15) is 6.04 Å². The minimum Gasteiger partial charge on any atom is -0.328 e. The summed E-state index contributed by atoms with van der Waals surface area (Å²) in [5.74, 6) is -0.242. The molecule has 0 saturated carbocycles. The third kappa shape index (κ3) is 5.40. The van der Waals surface area contributed by atoms with Crippen LogP contribution < -0.4 is 10.6 Å². The van der Waals surface area contributed by atoms with Crippen LogP contribution in [-0.2, 0) is 4.79 Å². The maximum absolute atomic E-state index is 12.5. The quantitative estimate of drug-likeness (QED) is 0.458. The molecule has 1 amide bonds. The Hall–Kier alpha value is -3.22. The maximum Gasteiger partial charge on any atom is 0.279 e. The molecule has 0 aliphatic rings. The van der Waals surface area contributed by atoms with Crippen LogP contribution in [0.15, 0.2) is 72.8 Å². The van der Waals surface area contributed by atoms with Gasteiger partial charge in [0.15, 0.2) is 6.54 Å². The zero-order chi connectivity index (χ0) is 20.8. The van der Waals surface area contributed by atoms with Gasteiger partial charge in [0.05, 0.1) is 15.6 Å². The van der Waals surface area contributed by atoms with Crippen molar-refractivity contribution in [3.63, 3.8) is 0 Å². The summed E-state index contributed by atoms with van der Waals surface area (Å²) >= 11 is 6.06. The highest BCUT2D eigenvalue weighted by Crippen LogP contribution is 2.26. The van der Waals surface area contributed by atoms with Crippen LogP contribution in [0.3, 0.4) is 0 Å². The normalized spacial score (nSPS) is 11.7. The molecule has 0 unspecified atom stereocenters. The summed E-state index contributed by atoms with van der Waals surface area (Å²) in [5, 5.41) is 15.6. The fourth-order valence-electron chi connectivity index (χ4n) is 3.04. The van der Waals surface area contributed by atoms with Crippen molar-refractivity contribution < 1.29 is 15.0 Å². The van der Waals surface area contributed by atoms with Crippen molar-refractivity contribution in [2.45, 2.75) is 13.0 Å². The van der Waals surface area contributed by atoms with Crippen molar-refractivity contribution in [2.24, 2.45) is 0 Å².